The predicted molar refractivity (Wildman–Crippen MR) is 115 cm³/mol. The lowest BCUT2D eigenvalue weighted by molar-refractivity contribution is -0.488. The number of nitrogens with zero attached hydrogens (tertiary/aromatic N) is 2. The third-order valence-electron chi connectivity index (χ3n) is 6.98. The molecule has 2 nitrogen and oxygen atoms in total. The van der Waals surface area contributed by atoms with Gasteiger partial charge in [0.05, 0.1) is 0 Å². The Morgan fingerprint density at radius 1 is 0.769 bits per heavy atom. The second-order valence-corrected chi connectivity index (χ2v) is 8.32. The molecule has 2 rings (SSSR count). The van der Waals surface area contributed by atoms with E-state index in [4.69, 9.17) is 0 Å². The number of hydrogen-bond donors (Lipinski definition) is 0. The van der Waals surface area contributed by atoms with Gasteiger partial charge in [0.2, 0.25) is 0 Å². The van der Waals surface area contributed by atoms with Crippen LogP contribution in [0.4, 0.5) is 0 Å². The molecular formula is C24H39N2+. The molecule has 2 aliphatic rings. The number of likely N-dealkylation sites (tertiary alicyclic amines) is 1. The van der Waals surface area contributed by atoms with E-state index < -0.39 is 0 Å². The fourth-order valence-corrected chi connectivity index (χ4v) is 4.41. The summed E-state index contributed by atoms with van der Waals surface area (Å²) in [5.41, 5.74) is 13.2. The van der Waals surface area contributed by atoms with Crippen LogP contribution < -0.4 is 0 Å². The van der Waals surface area contributed by atoms with E-state index in [0.29, 0.717) is 0 Å². The maximum absolute atomic E-state index is 2.43. The van der Waals surface area contributed by atoms with Gasteiger partial charge in [0, 0.05) is 37.7 Å². The zero-order chi connectivity index (χ0) is 19.6. The van der Waals surface area contributed by atoms with Gasteiger partial charge in [-0.15, -0.1) is 0 Å². The van der Waals surface area contributed by atoms with E-state index in [1.165, 1.54) is 89.2 Å². The highest BCUT2D eigenvalue weighted by Crippen LogP contribution is 2.31. The monoisotopic (exact) mass is 355 g/mol. The molecule has 0 atom stereocenters. The van der Waals surface area contributed by atoms with Crippen LogP contribution in [0, 0.1) is 0 Å². The molecule has 2 aliphatic heterocycles. The molecule has 1 fully saturated rings. The predicted octanol–water partition coefficient (Wildman–Crippen LogP) is 5.87. The highest BCUT2D eigenvalue weighted by Gasteiger charge is 2.22. The Balaban J connectivity index is 2.44. The molecule has 0 N–H and O–H groups in total. The Hall–Kier alpha value is -1.57. The van der Waals surface area contributed by atoms with Gasteiger partial charge in [-0.25, -0.2) is 4.58 Å². The summed E-state index contributed by atoms with van der Waals surface area (Å²) < 4.78 is 2.43. The largest absolute Gasteiger partial charge is 0.378 e. The molecule has 0 saturated carbocycles. The van der Waals surface area contributed by atoms with Crippen molar-refractivity contribution in [1.82, 2.24) is 4.90 Å². The van der Waals surface area contributed by atoms with Crippen LogP contribution in [0.5, 0.6) is 0 Å². The van der Waals surface area contributed by atoms with E-state index in [1.807, 2.05) is 0 Å². The Labute approximate surface area is 161 Å². The Morgan fingerprint density at radius 3 is 1.85 bits per heavy atom. The Kier molecular flexibility index (Phi) is 6.71. The van der Waals surface area contributed by atoms with Gasteiger partial charge in [0.25, 0.3) is 0 Å². The molecule has 0 aromatic carbocycles. The van der Waals surface area contributed by atoms with Crippen LogP contribution in [-0.2, 0) is 0 Å². The number of hydrogen-bond acceptors (Lipinski definition) is 1. The maximum atomic E-state index is 2.43. The lowest BCUT2D eigenvalue weighted by Gasteiger charge is -2.20. The van der Waals surface area contributed by atoms with Crippen molar-refractivity contribution in [3.05, 3.63) is 44.7 Å². The first-order valence-electron chi connectivity index (χ1n) is 10.2. The first kappa shape index (κ1) is 20.7. The summed E-state index contributed by atoms with van der Waals surface area (Å²) in [5, 5.41) is 0. The van der Waals surface area contributed by atoms with Crippen molar-refractivity contribution in [2.75, 3.05) is 27.2 Å². The lowest BCUT2D eigenvalue weighted by atomic mass is 9.90. The van der Waals surface area contributed by atoms with Gasteiger partial charge in [0.1, 0.15) is 13.6 Å². The second-order valence-electron chi connectivity index (χ2n) is 8.32. The van der Waals surface area contributed by atoms with E-state index in [-0.39, 0.29) is 0 Å². The number of rotatable bonds is 4. The minimum Gasteiger partial charge on any atom is -0.378 e. The van der Waals surface area contributed by atoms with E-state index in [2.05, 4.69) is 72.0 Å². The minimum atomic E-state index is 1.19. The van der Waals surface area contributed by atoms with Gasteiger partial charge in [-0.2, -0.15) is 0 Å². The van der Waals surface area contributed by atoms with Crippen molar-refractivity contribution < 1.29 is 4.58 Å². The lowest BCUT2D eigenvalue weighted by Crippen LogP contribution is -2.13. The van der Waals surface area contributed by atoms with Gasteiger partial charge in [-0.3, -0.25) is 0 Å². The van der Waals surface area contributed by atoms with Crippen molar-refractivity contribution in [3.8, 4) is 0 Å². The Bertz CT molecular complexity index is 738. The summed E-state index contributed by atoms with van der Waals surface area (Å²) in [7, 11) is 4.46. The molecule has 0 aromatic rings. The molecule has 2 heterocycles. The van der Waals surface area contributed by atoms with Crippen molar-refractivity contribution >= 4 is 5.71 Å². The molecule has 0 radical (unpaired) electrons. The van der Waals surface area contributed by atoms with E-state index >= 15 is 0 Å². The fraction of sp³-hybridized carbons (Fsp3) is 0.625. The van der Waals surface area contributed by atoms with Gasteiger partial charge in [-0.05, 0) is 94.7 Å². The van der Waals surface area contributed by atoms with Gasteiger partial charge >= 0.3 is 0 Å². The number of allylic oxidation sites excluding steroid dienone is 8. The molecule has 144 valence electrons. The summed E-state index contributed by atoms with van der Waals surface area (Å²) in [5.74, 6) is 0. The second kappa shape index (κ2) is 8.41. The molecule has 0 bridgehead atoms. The molecule has 1 saturated heterocycles. The van der Waals surface area contributed by atoms with Crippen LogP contribution in [0.3, 0.4) is 0 Å². The molecular weight excluding hydrogens is 316 g/mol. The summed E-state index contributed by atoms with van der Waals surface area (Å²) in [6.07, 6.45) is 5.02. The average Bonchev–Trinajstić information content (AvgIpc) is 3.25. The topological polar surface area (TPSA) is 6.25 Å². The first-order valence-corrected chi connectivity index (χ1v) is 10.2. The molecule has 0 spiro atoms. The molecule has 0 aliphatic carbocycles. The van der Waals surface area contributed by atoms with E-state index in [1.54, 1.807) is 0 Å². The summed E-state index contributed by atoms with van der Waals surface area (Å²) in [6, 6.07) is 0. The highest BCUT2D eigenvalue weighted by molar-refractivity contribution is 5.97. The van der Waals surface area contributed by atoms with Gasteiger partial charge < -0.3 is 4.90 Å². The summed E-state index contributed by atoms with van der Waals surface area (Å²) >= 11 is 0. The first-order chi connectivity index (χ1) is 12.2. The summed E-state index contributed by atoms with van der Waals surface area (Å²) in [4.78, 5) is 2.43. The maximum Gasteiger partial charge on any atom is 0.179 e. The molecule has 0 amide bonds. The van der Waals surface area contributed by atoms with Crippen LogP contribution in [-0.4, -0.2) is 42.4 Å². The van der Waals surface area contributed by atoms with Crippen molar-refractivity contribution in [3.63, 3.8) is 0 Å². The van der Waals surface area contributed by atoms with Crippen molar-refractivity contribution in [1.29, 1.82) is 0 Å². The average molecular weight is 356 g/mol. The van der Waals surface area contributed by atoms with Gasteiger partial charge in [0.15, 0.2) is 5.71 Å². The van der Waals surface area contributed by atoms with Crippen LogP contribution >= 0.6 is 0 Å². The Morgan fingerprint density at radius 2 is 1.35 bits per heavy atom. The van der Waals surface area contributed by atoms with Crippen LogP contribution in [0.15, 0.2) is 44.7 Å². The van der Waals surface area contributed by atoms with E-state index in [0.717, 1.165) is 0 Å². The van der Waals surface area contributed by atoms with Gasteiger partial charge in [-0.1, -0.05) is 0 Å². The summed E-state index contributed by atoms with van der Waals surface area (Å²) in [6.45, 7) is 18.5. The standard InChI is InChI=1S/C24H39N2/c1-16(17(2)19(4)21(6)23-12-10-14-25(23)8)18(3)20(5)22(7)24-13-11-15-26(24)9/h10-15H2,1-9H3/q+1. The van der Waals surface area contributed by atoms with Crippen molar-refractivity contribution in [2.24, 2.45) is 0 Å². The smallest absolute Gasteiger partial charge is 0.179 e. The third-order valence-corrected chi connectivity index (χ3v) is 6.98. The fourth-order valence-electron chi connectivity index (χ4n) is 4.41. The SMILES string of the molecule is CC(C(C)=C1CCCN1C)=C(C)/C(C)=C(\C)C(C)=C(C)C1=[N+](C)CCC1. The zero-order valence-electron chi connectivity index (χ0n) is 18.6. The molecule has 26 heavy (non-hydrogen) atoms. The van der Waals surface area contributed by atoms with Crippen molar-refractivity contribution in [2.45, 2.75) is 74.1 Å². The minimum absolute atomic E-state index is 1.19. The highest BCUT2D eigenvalue weighted by atomic mass is 15.1. The van der Waals surface area contributed by atoms with Crippen LogP contribution in [0.2, 0.25) is 0 Å². The van der Waals surface area contributed by atoms with Crippen LogP contribution in [0.25, 0.3) is 0 Å². The zero-order valence-corrected chi connectivity index (χ0v) is 18.6. The quantitative estimate of drug-likeness (QED) is 0.451. The van der Waals surface area contributed by atoms with Crippen LogP contribution in [0.1, 0.15) is 74.1 Å². The normalized spacial score (nSPS) is 23.2. The molecule has 2 heteroatoms. The third kappa shape index (κ3) is 4.05. The molecule has 0 aromatic heterocycles. The molecule has 0 unspecified atom stereocenters. The van der Waals surface area contributed by atoms with E-state index in [9.17, 15) is 0 Å².